The van der Waals surface area contributed by atoms with Gasteiger partial charge in [-0.05, 0) is 54.2 Å². The molecule has 2 N–H and O–H groups in total. The Morgan fingerprint density at radius 1 is 1.33 bits per heavy atom. The smallest absolute Gasteiger partial charge is 0.194 e. The van der Waals surface area contributed by atoms with Gasteiger partial charge in [0.2, 0.25) is 0 Å². The molecule has 24 heavy (non-hydrogen) atoms. The zero-order chi connectivity index (χ0) is 17.0. The molecular weight excluding hydrogens is 388 g/mol. The first-order valence-corrected chi connectivity index (χ1v) is 10.4. The van der Waals surface area contributed by atoms with Gasteiger partial charge >= 0.3 is 0 Å². The zero-order valence-electron chi connectivity index (χ0n) is 14.3. The molecule has 1 aromatic heterocycles. The molecule has 7 heteroatoms. The number of guanidine groups is 1. The lowest BCUT2D eigenvalue weighted by atomic mass is 9.80. The van der Waals surface area contributed by atoms with E-state index in [0.717, 1.165) is 64.5 Å². The molecule has 2 heterocycles. The molecule has 2 aliphatic rings. The first-order chi connectivity index (χ1) is 11.6. The summed E-state index contributed by atoms with van der Waals surface area (Å²) >= 11 is 5.35. The van der Waals surface area contributed by atoms with Crippen molar-refractivity contribution in [2.45, 2.75) is 38.3 Å². The van der Waals surface area contributed by atoms with Crippen molar-refractivity contribution in [3.63, 3.8) is 0 Å². The topological polar surface area (TPSA) is 51.1 Å². The molecule has 134 valence electrons. The van der Waals surface area contributed by atoms with Gasteiger partial charge in [0.1, 0.15) is 0 Å². The van der Waals surface area contributed by atoms with Crippen LogP contribution in [0.15, 0.2) is 20.9 Å². The third-order valence-corrected chi connectivity index (χ3v) is 6.43. The van der Waals surface area contributed by atoms with Crippen LogP contribution in [0.2, 0.25) is 0 Å². The summed E-state index contributed by atoms with van der Waals surface area (Å²) in [5, 5.41) is 13.7. The summed E-state index contributed by atoms with van der Waals surface area (Å²) in [4.78, 5) is 10.9. The lowest BCUT2D eigenvalue weighted by Crippen LogP contribution is -2.52. The minimum Gasteiger partial charge on any atom is -0.388 e. The molecule has 0 bridgehead atoms. The summed E-state index contributed by atoms with van der Waals surface area (Å²) in [6.45, 7) is 8.57. The van der Waals surface area contributed by atoms with Crippen LogP contribution in [0.25, 0.3) is 0 Å². The van der Waals surface area contributed by atoms with Crippen LogP contribution in [0.4, 0.5) is 0 Å². The van der Waals surface area contributed by atoms with E-state index in [0.29, 0.717) is 6.54 Å². The number of nitrogens with one attached hydrogen (secondary N) is 1. The van der Waals surface area contributed by atoms with Gasteiger partial charge in [0, 0.05) is 44.1 Å². The highest BCUT2D eigenvalue weighted by Gasteiger charge is 2.34. The van der Waals surface area contributed by atoms with E-state index in [1.807, 2.05) is 11.3 Å². The summed E-state index contributed by atoms with van der Waals surface area (Å²) in [6, 6.07) is 4.32. The Morgan fingerprint density at radius 3 is 2.62 bits per heavy atom. The quantitative estimate of drug-likeness (QED) is 0.573. The predicted molar refractivity (Wildman–Crippen MR) is 104 cm³/mol. The van der Waals surface area contributed by atoms with Gasteiger partial charge in [0.05, 0.1) is 15.9 Å². The van der Waals surface area contributed by atoms with E-state index >= 15 is 0 Å². The third-order valence-electron chi connectivity index (χ3n) is 4.82. The second-order valence-electron chi connectivity index (χ2n) is 6.72. The maximum atomic E-state index is 10.3. The number of piperazine rings is 1. The van der Waals surface area contributed by atoms with Crippen molar-refractivity contribution >= 4 is 33.2 Å². The number of aliphatic imine (C=N–C) groups is 1. The average Bonchev–Trinajstić information content (AvgIpc) is 2.95. The second-order valence-corrected chi connectivity index (χ2v) is 9.26. The summed E-state index contributed by atoms with van der Waals surface area (Å²) in [6.07, 6.45) is 2.90. The molecule has 1 aliphatic carbocycles. The highest BCUT2D eigenvalue weighted by atomic mass is 79.9. The van der Waals surface area contributed by atoms with Crippen molar-refractivity contribution in [1.29, 1.82) is 0 Å². The Kier molecular flexibility index (Phi) is 6.18. The maximum absolute atomic E-state index is 10.3. The van der Waals surface area contributed by atoms with Crippen LogP contribution in [0.5, 0.6) is 0 Å². The molecule has 1 saturated heterocycles. The van der Waals surface area contributed by atoms with Crippen molar-refractivity contribution in [3.05, 3.63) is 20.8 Å². The van der Waals surface area contributed by atoms with Gasteiger partial charge in [-0.1, -0.05) is 0 Å². The first kappa shape index (κ1) is 18.2. The highest BCUT2D eigenvalue weighted by molar-refractivity contribution is 9.11. The Morgan fingerprint density at radius 2 is 2.08 bits per heavy atom. The van der Waals surface area contributed by atoms with Crippen LogP contribution < -0.4 is 5.32 Å². The molecule has 2 fully saturated rings. The number of thiophene rings is 1. The van der Waals surface area contributed by atoms with Crippen LogP contribution >= 0.6 is 27.3 Å². The number of rotatable bonds is 5. The molecule has 0 spiro atoms. The fraction of sp³-hybridized carbons (Fsp3) is 0.706. The van der Waals surface area contributed by atoms with Gasteiger partial charge in [0.15, 0.2) is 5.96 Å². The Balaban J connectivity index is 1.51. The molecule has 3 rings (SSSR count). The number of hydrogen-bond donors (Lipinski definition) is 2. The molecule has 5 nitrogen and oxygen atoms in total. The molecule has 0 radical (unpaired) electrons. The molecule has 0 aromatic carbocycles. The van der Waals surface area contributed by atoms with Gasteiger partial charge in [0.25, 0.3) is 0 Å². The van der Waals surface area contributed by atoms with E-state index in [2.05, 4.69) is 50.1 Å². The van der Waals surface area contributed by atoms with E-state index in [4.69, 9.17) is 4.99 Å². The SMILES string of the molecule is CCNC(=NCC1(O)CCC1)N1CCN(Cc2ccc(Br)s2)CC1. The number of aliphatic hydroxyl groups is 1. The van der Waals surface area contributed by atoms with E-state index in [9.17, 15) is 5.11 Å². The second kappa shape index (κ2) is 8.17. The average molecular weight is 415 g/mol. The first-order valence-electron chi connectivity index (χ1n) is 8.80. The highest BCUT2D eigenvalue weighted by Crippen LogP contribution is 2.31. The minimum atomic E-state index is -0.547. The van der Waals surface area contributed by atoms with Gasteiger partial charge in [-0.15, -0.1) is 11.3 Å². The Bertz CT molecular complexity index is 565. The van der Waals surface area contributed by atoms with Gasteiger partial charge in [-0.2, -0.15) is 0 Å². The van der Waals surface area contributed by atoms with Crippen LogP contribution in [0.3, 0.4) is 0 Å². The largest absolute Gasteiger partial charge is 0.388 e. The maximum Gasteiger partial charge on any atom is 0.194 e. The van der Waals surface area contributed by atoms with Crippen molar-refractivity contribution in [2.75, 3.05) is 39.3 Å². The minimum absolute atomic E-state index is 0.527. The van der Waals surface area contributed by atoms with E-state index in [1.54, 1.807) is 0 Å². The fourth-order valence-electron chi connectivity index (χ4n) is 3.17. The normalized spacial score (nSPS) is 21.6. The third kappa shape index (κ3) is 4.71. The van der Waals surface area contributed by atoms with Crippen LogP contribution in [-0.4, -0.2) is 65.7 Å². The predicted octanol–water partition coefficient (Wildman–Crippen LogP) is 2.51. The van der Waals surface area contributed by atoms with Crippen LogP contribution in [0, 0.1) is 0 Å². The van der Waals surface area contributed by atoms with Crippen LogP contribution in [0.1, 0.15) is 31.1 Å². The number of halogens is 1. The summed E-state index contributed by atoms with van der Waals surface area (Å²) < 4.78 is 1.20. The van der Waals surface area contributed by atoms with Crippen molar-refractivity contribution in [3.8, 4) is 0 Å². The summed E-state index contributed by atoms with van der Waals surface area (Å²) in [5.41, 5.74) is -0.547. The lowest BCUT2D eigenvalue weighted by Gasteiger charge is -2.38. The molecule has 0 unspecified atom stereocenters. The molecule has 1 aliphatic heterocycles. The molecule has 1 aromatic rings. The van der Waals surface area contributed by atoms with Crippen molar-refractivity contribution < 1.29 is 5.11 Å². The van der Waals surface area contributed by atoms with Gasteiger partial charge in [-0.25, -0.2) is 0 Å². The molecular formula is C17H27BrN4OS. The fourth-order valence-corrected chi connectivity index (χ4v) is 4.69. The summed E-state index contributed by atoms with van der Waals surface area (Å²) in [5.74, 6) is 0.955. The monoisotopic (exact) mass is 414 g/mol. The van der Waals surface area contributed by atoms with Gasteiger partial charge < -0.3 is 15.3 Å². The standard InChI is InChI=1S/C17H27BrN4OS/c1-2-19-16(20-13-17(23)6-3-7-17)22-10-8-21(9-11-22)12-14-4-5-15(18)24-14/h4-5,23H,2-3,6-13H2,1H3,(H,19,20). The Hall–Kier alpha value is -0.630. The van der Waals surface area contributed by atoms with Crippen molar-refractivity contribution in [1.82, 2.24) is 15.1 Å². The molecule has 0 amide bonds. The van der Waals surface area contributed by atoms with E-state index in [-0.39, 0.29) is 0 Å². The van der Waals surface area contributed by atoms with Crippen molar-refractivity contribution in [2.24, 2.45) is 4.99 Å². The van der Waals surface area contributed by atoms with E-state index < -0.39 is 5.60 Å². The van der Waals surface area contributed by atoms with E-state index in [1.165, 1.54) is 8.66 Å². The van der Waals surface area contributed by atoms with Gasteiger partial charge in [-0.3, -0.25) is 9.89 Å². The lowest BCUT2D eigenvalue weighted by molar-refractivity contribution is -0.0238. The summed E-state index contributed by atoms with van der Waals surface area (Å²) in [7, 11) is 0. The molecule has 0 atom stereocenters. The van der Waals surface area contributed by atoms with Crippen LogP contribution in [-0.2, 0) is 6.54 Å². The number of hydrogen-bond acceptors (Lipinski definition) is 4. The number of nitrogens with zero attached hydrogens (tertiary/aromatic N) is 3. The zero-order valence-corrected chi connectivity index (χ0v) is 16.7. The molecule has 1 saturated carbocycles. The Labute approximate surface area is 156 Å².